The van der Waals surface area contributed by atoms with Crippen molar-refractivity contribution in [2.45, 2.75) is 12.8 Å². The van der Waals surface area contributed by atoms with Crippen molar-refractivity contribution in [3.63, 3.8) is 0 Å². The summed E-state index contributed by atoms with van der Waals surface area (Å²) >= 11 is 0. The summed E-state index contributed by atoms with van der Waals surface area (Å²) in [6, 6.07) is 5.30. The van der Waals surface area contributed by atoms with Crippen LogP contribution in [0.4, 0.5) is 5.69 Å². The van der Waals surface area contributed by atoms with Crippen molar-refractivity contribution < 1.29 is 13.9 Å². The molecule has 0 amide bonds. The van der Waals surface area contributed by atoms with E-state index in [9.17, 15) is 9.59 Å². The van der Waals surface area contributed by atoms with Crippen molar-refractivity contribution in [2.24, 2.45) is 0 Å². The van der Waals surface area contributed by atoms with Crippen LogP contribution in [0.25, 0.3) is 11.0 Å². The number of hydrogen-bond acceptors (Lipinski definition) is 5. The number of carbonyl (C=O) groups is 1. The maximum absolute atomic E-state index is 12.0. The molecule has 1 aromatic carbocycles. The van der Waals surface area contributed by atoms with E-state index < -0.39 is 5.63 Å². The third-order valence-corrected chi connectivity index (χ3v) is 3.66. The molecule has 0 aliphatic carbocycles. The lowest BCUT2D eigenvalue weighted by atomic mass is 10.1. The van der Waals surface area contributed by atoms with E-state index in [1.807, 2.05) is 6.07 Å². The summed E-state index contributed by atoms with van der Waals surface area (Å²) in [5.41, 5.74) is 0.639. The predicted octanol–water partition coefficient (Wildman–Crippen LogP) is 2.21. The van der Waals surface area contributed by atoms with Crippen LogP contribution in [0, 0.1) is 0 Å². The summed E-state index contributed by atoms with van der Waals surface area (Å²) in [7, 11) is 1.56. The van der Waals surface area contributed by atoms with Crippen molar-refractivity contribution in [2.75, 3.05) is 25.1 Å². The fourth-order valence-electron chi connectivity index (χ4n) is 2.69. The van der Waals surface area contributed by atoms with Gasteiger partial charge in [0.25, 0.3) is 0 Å². The third-order valence-electron chi connectivity index (χ3n) is 3.66. The van der Waals surface area contributed by atoms with Gasteiger partial charge < -0.3 is 14.1 Å². The Bertz CT molecular complexity index is 714. The van der Waals surface area contributed by atoms with Crippen molar-refractivity contribution >= 4 is 22.9 Å². The zero-order valence-corrected chi connectivity index (χ0v) is 11.2. The summed E-state index contributed by atoms with van der Waals surface area (Å²) < 4.78 is 10.4. The molecule has 1 aromatic heterocycles. The molecule has 0 unspecified atom stereocenters. The minimum Gasteiger partial charge on any atom is -0.497 e. The van der Waals surface area contributed by atoms with Crippen LogP contribution in [-0.4, -0.2) is 26.5 Å². The maximum atomic E-state index is 12.0. The van der Waals surface area contributed by atoms with Gasteiger partial charge in [0.05, 0.1) is 12.8 Å². The first-order chi connectivity index (χ1) is 9.74. The number of methoxy groups -OCH3 is 1. The number of aldehydes is 1. The molecule has 2 aromatic rings. The first kappa shape index (κ1) is 12.7. The fourth-order valence-corrected chi connectivity index (χ4v) is 2.69. The summed E-state index contributed by atoms with van der Waals surface area (Å²) in [5.74, 6) is 0.617. The monoisotopic (exact) mass is 273 g/mol. The molecule has 1 fully saturated rings. The van der Waals surface area contributed by atoms with Gasteiger partial charge in [0.1, 0.15) is 16.9 Å². The van der Waals surface area contributed by atoms with E-state index in [1.54, 1.807) is 19.2 Å². The number of fused-ring (bicyclic) bond motifs is 1. The molecular weight excluding hydrogens is 258 g/mol. The van der Waals surface area contributed by atoms with Crippen LogP contribution in [0.3, 0.4) is 0 Å². The van der Waals surface area contributed by atoms with E-state index in [0.717, 1.165) is 31.3 Å². The highest BCUT2D eigenvalue weighted by Crippen LogP contribution is 2.32. The van der Waals surface area contributed by atoms with E-state index in [2.05, 4.69) is 4.90 Å². The van der Waals surface area contributed by atoms with Gasteiger partial charge in [-0.1, -0.05) is 0 Å². The van der Waals surface area contributed by atoms with Crippen molar-refractivity contribution in [3.05, 3.63) is 34.2 Å². The minimum absolute atomic E-state index is 0.101. The Morgan fingerprint density at radius 1 is 1.30 bits per heavy atom. The number of anilines is 1. The minimum atomic E-state index is -0.595. The molecule has 0 spiro atoms. The van der Waals surface area contributed by atoms with E-state index in [0.29, 0.717) is 23.3 Å². The molecular formula is C15H15NO4. The molecule has 0 N–H and O–H groups in total. The number of hydrogen-bond donors (Lipinski definition) is 0. The highest BCUT2D eigenvalue weighted by atomic mass is 16.5. The first-order valence-electron chi connectivity index (χ1n) is 6.59. The summed E-state index contributed by atoms with van der Waals surface area (Å²) in [4.78, 5) is 25.3. The van der Waals surface area contributed by atoms with Gasteiger partial charge in [-0.25, -0.2) is 4.79 Å². The van der Waals surface area contributed by atoms with Crippen molar-refractivity contribution in [1.82, 2.24) is 0 Å². The first-order valence-corrected chi connectivity index (χ1v) is 6.59. The van der Waals surface area contributed by atoms with Crippen LogP contribution in [0.15, 0.2) is 27.4 Å². The number of nitrogens with zero attached hydrogens (tertiary/aromatic N) is 1. The summed E-state index contributed by atoms with van der Waals surface area (Å²) in [6.45, 7) is 1.71. The number of rotatable bonds is 3. The molecule has 1 aliphatic rings. The second-order valence-corrected chi connectivity index (χ2v) is 4.83. The van der Waals surface area contributed by atoms with Gasteiger partial charge in [-0.15, -0.1) is 0 Å². The summed E-state index contributed by atoms with van der Waals surface area (Å²) in [5, 5.41) is 0.773. The topological polar surface area (TPSA) is 59.8 Å². The van der Waals surface area contributed by atoms with E-state index in [4.69, 9.17) is 9.15 Å². The Hall–Kier alpha value is -2.30. The molecule has 0 saturated carbocycles. The molecule has 3 rings (SSSR count). The molecule has 104 valence electrons. The van der Waals surface area contributed by atoms with Crippen LogP contribution in [0.2, 0.25) is 0 Å². The average molecular weight is 273 g/mol. The van der Waals surface area contributed by atoms with E-state index in [1.165, 1.54) is 0 Å². The molecule has 0 atom stereocenters. The van der Waals surface area contributed by atoms with Gasteiger partial charge >= 0.3 is 5.63 Å². The fraction of sp³-hybridized carbons (Fsp3) is 0.333. The van der Waals surface area contributed by atoms with Gasteiger partial charge in [-0.3, -0.25) is 4.79 Å². The molecule has 5 heteroatoms. The predicted molar refractivity (Wildman–Crippen MR) is 75.9 cm³/mol. The van der Waals surface area contributed by atoms with Crippen LogP contribution in [-0.2, 0) is 0 Å². The van der Waals surface area contributed by atoms with Gasteiger partial charge in [0.15, 0.2) is 6.29 Å². The Kier molecular flexibility index (Phi) is 3.18. The highest BCUT2D eigenvalue weighted by Gasteiger charge is 2.22. The van der Waals surface area contributed by atoms with Crippen LogP contribution < -0.4 is 15.3 Å². The Balaban J connectivity index is 2.32. The van der Waals surface area contributed by atoms with E-state index >= 15 is 0 Å². The SMILES string of the molecule is COc1ccc2c(N3CCCC3)c(C=O)c(=O)oc2c1. The molecule has 1 saturated heterocycles. The maximum Gasteiger partial charge on any atom is 0.349 e. The van der Waals surface area contributed by atoms with Gasteiger partial charge in [-0.05, 0) is 25.0 Å². The molecule has 20 heavy (non-hydrogen) atoms. The largest absolute Gasteiger partial charge is 0.497 e. The highest BCUT2D eigenvalue weighted by molar-refractivity contribution is 5.99. The average Bonchev–Trinajstić information content (AvgIpc) is 2.98. The lowest BCUT2D eigenvalue weighted by Crippen LogP contribution is -2.23. The van der Waals surface area contributed by atoms with Crippen LogP contribution in [0.5, 0.6) is 5.75 Å². The number of benzene rings is 1. The zero-order chi connectivity index (χ0) is 14.1. The van der Waals surface area contributed by atoms with Gasteiger partial charge in [0.2, 0.25) is 0 Å². The van der Waals surface area contributed by atoms with Crippen molar-refractivity contribution in [1.29, 1.82) is 0 Å². The summed E-state index contributed by atoms with van der Waals surface area (Å²) in [6.07, 6.45) is 2.72. The van der Waals surface area contributed by atoms with Gasteiger partial charge in [0, 0.05) is 24.5 Å². The quantitative estimate of drug-likeness (QED) is 0.634. The van der Waals surface area contributed by atoms with E-state index in [-0.39, 0.29) is 5.56 Å². The molecule has 0 bridgehead atoms. The van der Waals surface area contributed by atoms with Crippen LogP contribution >= 0.6 is 0 Å². The standard InChI is InChI=1S/C15H15NO4/c1-19-10-4-5-11-13(8-10)20-15(18)12(9-17)14(11)16-6-2-3-7-16/h4-5,8-9H,2-3,6-7H2,1H3. The smallest absolute Gasteiger partial charge is 0.349 e. The second-order valence-electron chi connectivity index (χ2n) is 4.83. The Morgan fingerprint density at radius 2 is 2.05 bits per heavy atom. The normalized spacial score (nSPS) is 14.8. The lowest BCUT2D eigenvalue weighted by Gasteiger charge is -2.20. The third kappa shape index (κ3) is 1.95. The number of ether oxygens (including phenoxy) is 1. The Labute approximate surface area is 115 Å². The molecule has 2 heterocycles. The molecule has 5 nitrogen and oxygen atoms in total. The number of carbonyl (C=O) groups excluding carboxylic acids is 1. The van der Waals surface area contributed by atoms with Gasteiger partial charge in [-0.2, -0.15) is 0 Å². The van der Waals surface area contributed by atoms with Crippen LogP contribution in [0.1, 0.15) is 23.2 Å². The molecule has 0 radical (unpaired) electrons. The Morgan fingerprint density at radius 3 is 2.70 bits per heavy atom. The van der Waals surface area contributed by atoms with Crippen molar-refractivity contribution in [3.8, 4) is 5.75 Å². The molecule has 1 aliphatic heterocycles. The lowest BCUT2D eigenvalue weighted by molar-refractivity contribution is 0.112. The second kappa shape index (κ2) is 5.00. The zero-order valence-electron chi connectivity index (χ0n) is 11.2.